The zero-order valence-corrected chi connectivity index (χ0v) is 10.6. The number of carbonyl (C=O) groups excluding carboxylic acids is 1. The number of rotatable bonds is 3. The average molecular weight is 262 g/mol. The van der Waals surface area contributed by atoms with Crippen molar-refractivity contribution in [3.63, 3.8) is 0 Å². The van der Waals surface area contributed by atoms with E-state index in [0.29, 0.717) is 16.1 Å². The number of benzene rings is 1. The Morgan fingerprint density at radius 1 is 1.22 bits per heavy atom. The third kappa shape index (κ3) is 2.68. The van der Waals surface area contributed by atoms with Crippen molar-refractivity contribution in [1.29, 1.82) is 0 Å². The Balaban J connectivity index is 2.24. The first-order valence-corrected chi connectivity index (χ1v) is 5.90. The monoisotopic (exact) mass is 261 g/mol. The predicted molar refractivity (Wildman–Crippen MR) is 71.2 cm³/mol. The van der Waals surface area contributed by atoms with E-state index in [1.54, 1.807) is 49.5 Å². The molecule has 0 spiro atoms. The van der Waals surface area contributed by atoms with E-state index in [4.69, 9.17) is 11.6 Å². The molecule has 0 saturated carbocycles. The fourth-order valence-corrected chi connectivity index (χ4v) is 1.79. The molecule has 18 heavy (non-hydrogen) atoms. The van der Waals surface area contributed by atoms with Crippen LogP contribution < -0.4 is 5.56 Å². The van der Waals surface area contributed by atoms with Gasteiger partial charge in [-0.05, 0) is 37.3 Å². The van der Waals surface area contributed by atoms with Crippen LogP contribution in [0.5, 0.6) is 0 Å². The summed E-state index contributed by atoms with van der Waals surface area (Å²) in [5.41, 5.74) is 1.04. The largest absolute Gasteiger partial charge is 0.308 e. The van der Waals surface area contributed by atoms with Gasteiger partial charge < -0.3 is 4.57 Å². The Morgan fingerprint density at radius 3 is 2.56 bits per heavy atom. The van der Waals surface area contributed by atoms with Gasteiger partial charge in [0.2, 0.25) is 0 Å². The van der Waals surface area contributed by atoms with Gasteiger partial charge in [0.1, 0.15) is 0 Å². The minimum absolute atomic E-state index is 0.0438. The molecule has 4 heteroatoms. The molecule has 1 aromatic heterocycles. The molecule has 0 N–H and O–H groups in total. The number of hydrogen-bond donors (Lipinski definition) is 0. The topological polar surface area (TPSA) is 39.1 Å². The maximum Gasteiger partial charge on any atom is 0.253 e. The molecule has 0 unspecified atom stereocenters. The third-order valence-electron chi connectivity index (χ3n) is 2.69. The van der Waals surface area contributed by atoms with Gasteiger partial charge in [-0.2, -0.15) is 0 Å². The summed E-state index contributed by atoms with van der Waals surface area (Å²) < 4.78 is 1.41. The quantitative estimate of drug-likeness (QED) is 0.797. The molecule has 2 aromatic rings. The molecule has 0 aliphatic carbocycles. The smallest absolute Gasteiger partial charge is 0.253 e. The van der Waals surface area contributed by atoms with E-state index in [0.717, 1.165) is 0 Å². The van der Waals surface area contributed by atoms with Gasteiger partial charge in [-0.15, -0.1) is 0 Å². The minimum Gasteiger partial charge on any atom is -0.308 e. The molecule has 0 aliphatic rings. The van der Waals surface area contributed by atoms with E-state index in [1.807, 2.05) is 0 Å². The van der Waals surface area contributed by atoms with Gasteiger partial charge in [0, 0.05) is 22.3 Å². The summed E-state index contributed by atoms with van der Waals surface area (Å²) in [6.07, 6.45) is 1.61. The molecule has 0 atom stereocenters. The summed E-state index contributed by atoms with van der Waals surface area (Å²) in [5.74, 6) is -0.112. The van der Waals surface area contributed by atoms with E-state index in [-0.39, 0.29) is 17.9 Å². The zero-order chi connectivity index (χ0) is 13.1. The van der Waals surface area contributed by atoms with E-state index in [2.05, 4.69) is 0 Å². The third-order valence-corrected chi connectivity index (χ3v) is 2.94. The highest BCUT2D eigenvalue weighted by Crippen LogP contribution is 2.10. The molecule has 92 valence electrons. The lowest BCUT2D eigenvalue weighted by molar-refractivity contribution is 0.0971. The Labute approximate surface area is 110 Å². The van der Waals surface area contributed by atoms with Crippen LogP contribution in [0.25, 0.3) is 0 Å². The molecular weight excluding hydrogens is 250 g/mol. The van der Waals surface area contributed by atoms with Crippen molar-refractivity contribution >= 4 is 17.4 Å². The number of aryl methyl sites for hydroxylation is 1. The van der Waals surface area contributed by atoms with E-state index < -0.39 is 0 Å². The van der Waals surface area contributed by atoms with E-state index in [1.165, 1.54) is 4.57 Å². The lowest BCUT2D eigenvalue weighted by Crippen LogP contribution is -2.25. The maximum atomic E-state index is 12.0. The average Bonchev–Trinajstić information content (AvgIpc) is 2.36. The van der Waals surface area contributed by atoms with Crippen LogP contribution >= 0.6 is 11.6 Å². The van der Waals surface area contributed by atoms with Crippen LogP contribution in [0.3, 0.4) is 0 Å². The lowest BCUT2D eigenvalue weighted by Gasteiger charge is -2.05. The Bertz CT molecular complexity index is 629. The van der Waals surface area contributed by atoms with Gasteiger partial charge in [0.15, 0.2) is 5.78 Å². The Hall–Kier alpha value is -1.87. The summed E-state index contributed by atoms with van der Waals surface area (Å²) in [6.45, 7) is 1.77. The number of ketones is 1. The second kappa shape index (κ2) is 5.19. The second-order valence-corrected chi connectivity index (χ2v) is 4.49. The van der Waals surface area contributed by atoms with Gasteiger partial charge in [0.05, 0.1) is 6.54 Å². The normalized spacial score (nSPS) is 10.3. The number of nitrogens with zero attached hydrogens (tertiary/aromatic N) is 1. The van der Waals surface area contributed by atoms with E-state index in [9.17, 15) is 9.59 Å². The van der Waals surface area contributed by atoms with Crippen LogP contribution in [0.4, 0.5) is 0 Å². The molecule has 0 amide bonds. The molecule has 0 fully saturated rings. The van der Waals surface area contributed by atoms with Crippen LogP contribution in [0, 0.1) is 6.92 Å². The van der Waals surface area contributed by atoms with Gasteiger partial charge in [-0.3, -0.25) is 9.59 Å². The molecule has 0 saturated heterocycles. The van der Waals surface area contributed by atoms with Crippen LogP contribution in [-0.2, 0) is 6.54 Å². The summed E-state index contributed by atoms with van der Waals surface area (Å²) in [7, 11) is 0. The predicted octanol–water partition coefficient (Wildman–Crippen LogP) is 2.69. The highest BCUT2D eigenvalue weighted by molar-refractivity contribution is 6.30. The first-order chi connectivity index (χ1) is 8.58. The SMILES string of the molecule is Cc1cccn(CC(=O)c2ccc(Cl)cc2)c1=O. The van der Waals surface area contributed by atoms with Gasteiger partial charge >= 0.3 is 0 Å². The molecule has 3 nitrogen and oxygen atoms in total. The highest BCUT2D eigenvalue weighted by atomic mass is 35.5. The molecule has 1 heterocycles. The Morgan fingerprint density at radius 2 is 1.89 bits per heavy atom. The van der Waals surface area contributed by atoms with Crippen molar-refractivity contribution < 1.29 is 4.79 Å². The minimum atomic E-state index is -0.139. The molecular formula is C14H12ClNO2. The van der Waals surface area contributed by atoms with Crippen LogP contribution in [0.1, 0.15) is 15.9 Å². The summed E-state index contributed by atoms with van der Waals surface area (Å²) in [5, 5.41) is 0.583. The standard InChI is InChI=1S/C14H12ClNO2/c1-10-3-2-8-16(14(10)18)9-13(17)11-4-6-12(15)7-5-11/h2-8H,9H2,1H3. The van der Waals surface area contributed by atoms with Gasteiger partial charge in [-0.1, -0.05) is 17.7 Å². The van der Waals surface area contributed by atoms with Crippen molar-refractivity contribution in [3.05, 3.63) is 69.1 Å². The highest BCUT2D eigenvalue weighted by Gasteiger charge is 2.08. The van der Waals surface area contributed by atoms with Crippen molar-refractivity contribution in [2.24, 2.45) is 0 Å². The number of halogens is 1. The van der Waals surface area contributed by atoms with Crippen molar-refractivity contribution in [2.75, 3.05) is 0 Å². The summed E-state index contributed by atoms with van der Waals surface area (Å²) >= 11 is 5.76. The van der Waals surface area contributed by atoms with Crippen LogP contribution in [-0.4, -0.2) is 10.4 Å². The van der Waals surface area contributed by atoms with Crippen molar-refractivity contribution in [1.82, 2.24) is 4.57 Å². The fourth-order valence-electron chi connectivity index (χ4n) is 1.66. The lowest BCUT2D eigenvalue weighted by atomic mass is 10.1. The first-order valence-electron chi connectivity index (χ1n) is 5.53. The van der Waals surface area contributed by atoms with Crippen molar-refractivity contribution in [2.45, 2.75) is 13.5 Å². The van der Waals surface area contributed by atoms with Gasteiger partial charge in [0.25, 0.3) is 5.56 Å². The van der Waals surface area contributed by atoms with Crippen molar-refractivity contribution in [3.8, 4) is 0 Å². The number of hydrogen-bond acceptors (Lipinski definition) is 2. The number of aromatic nitrogens is 1. The van der Waals surface area contributed by atoms with Gasteiger partial charge in [-0.25, -0.2) is 0 Å². The molecule has 0 radical (unpaired) electrons. The first kappa shape index (κ1) is 12.6. The molecule has 0 bridgehead atoms. The fraction of sp³-hybridized carbons (Fsp3) is 0.143. The second-order valence-electron chi connectivity index (χ2n) is 4.05. The summed E-state index contributed by atoms with van der Waals surface area (Å²) in [6, 6.07) is 10.1. The summed E-state index contributed by atoms with van der Waals surface area (Å²) in [4.78, 5) is 23.8. The molecule has 0 aliphatic heterocycles. The Kier molecular flexibility index (Phi) is 3.63. The number of Topliss-reactive ketones (excluding diaryl/α,β-unsaturated/α-hetero) is 1. The van der Waals surface area contributed by atoms with Crippen LogP contribution in [0.2, 0.25) is 5.02 Å². The van der Waals surface area contributed by atoms with E-state index >= 15 is 0 Å². The number of carbonyl (C=O) groups is 1. The molecule has 2 rings (SSSR count). The van der Waals surface area contributed by atoms with Crippen LogP contribution in [0.15, 0.2) is 47.4 Å². The number of pyridine rings is 1. The zero-order valence-electron chi connectivity index (χ0n) is 9.89. The maximum absolute atomic E-state index is 12.0. The molecule has 1 aromatic carbocycles.